The average Bonchev–Trinajstić information content (AvgIpc) is 2.43. The summed E-state index contributed by atoms with van der Waals surface area (Å²) >= 11 is 0. The first-order valence-electron chi connectivity index (χ1n) is 6.06. The molecule has 3 N–H and O–H groups in total. The summed E-state index contributed by atoms with van der Waals surface area (Å²) in [6, 6.07) is 11.9. The van der Waals surface area contributed by atoms with E-state index >= 15 is 0 Å². The number of rotatable bonds is 2. The van der Waals surface area contributed by atoms with Crippen LogP contribution in [0.3, 0.4) is 0 Å². The predicted octanol–water partition coefficient (Wildman–Crippen LogP) is 3.26. The van der Waals surface area contributed by atoms with Gasteiger partial charge >= 0.3 is 0 Å². The molecule has 3 aromatic rings. The lowest BCUT2D eigenvalue weighted by Crippen LogP contribution is -1.97. The van der Waals surface area contributed by atoms with Crippen molar-refractivity contribution in [2.24, 2.45) is 0 Å². The zero-order chi connectivity index (χ0) is 13.2. The molecule has 0 fully saturated rings. The Hall–Kier alpha value is -2.62. The number of hydrogen-bond donors (Lipinski definition) is 2. The van der Waals surface area contributed by atoms with Crippen LogP contribution in [0.1, 0.15) is 5.56 Å². The van der Waals surface area contributed by atoms with Crippen molar-refractivity contribution in [2.75, 3.05) is 11.1 Å². The highest BCUT2D eigenvalue weighted by Gasteiger charge is 2.01. The Kier molecular flexibility index (Phi) is 2.76. The summed E-state index contributed by atoms with van der Waals surface area (Å²) in [4.78, 5) is 8.56. The van der Waals surface area contributed by atoms with Gasteiger partial charge in [0.15, 0.2) is 0 Å². The van der Waals surface area contributed by atoms with Gasteiger partial charge in [0.1, 0.15) is 5.82 Å². The van der Waals surface area contributed by atoms with Crippen LogP contribution in [-0.2, 0) is 0 Å². The number of fused-ring (bicyclic) bond motifs is 1. The van der Waals surface area contributed by atoms with Gasteiger partial charge in [-0.05, 0) is 42.8 Å². The van der Waals surface area contributed by atoms with Crippen LogP contribution in [0.2, 0.25) is 0 Å². The Labute approximate surface area is 111 Å². The number of pyridine rings is 2. The molecular formula is C15H14N4. The number of aryl methyl sites for hydroxylation is 1. The maximum atomic E-state index is 5.76. The first-order chi connectivity index (χ1) is 9.22. The minimum absolute atomic E-state index is 0.702. The van der Waals surface area contributed by atoms with Crippen molar-refractivity contribution in [1.82, 2.24) is 9.97 Å². The van der Waals surface area contributed by atoms with Gasteiger partial charge in [0, 0.05) is 17.3 Å². The summed E-state index contributed by atoms with van der Waals surface area (Å²) in [5.74, 6) is 0.787. The average molecular weight is 250 g/mol. The number of nitrogens with two attached hydrogens (primary N) is 1. The molecule has 0 saturated carbocycles. The number of hydrogen-bond acceptors (Lipinski definition) is 4. The Balaban J connectivity index is 1.94. The minimum atomic E-state index is 0.702. The summed E-state index contributed by atoms with van der Waals surface area (Å²) in [6.07, 6.45) is 3.46. The molecule has 0 aliphatic carbocycles. The summed E-state index contributed by atoms with van der Waals surface area (Å²) in [5.41, 5.74) is 9.44. The molecule has 0 spiro atoms. The van der Waals surface area contributed by atoms with E-state index in [1.165, 1.54) is 0 Å². The maximum absolute atomic E-state index is 5.76. The van der Waals surface area contributed by atoms with Crippen molar-refractivity contribution in [1.29, 1.82) is 0 Å². The van der Waals surface area contributed by atoms with E-state index in [4.69, 9.17) is 5.73 Å². The van der Waals surface area contributed by atoms with Gasteiger partial charge in [0.25, 0.3) is 0 Å². The van der Waals surface area contributed by atoms with E-state index in [0.29, 0.717) is 5.69 Å². The predicted molar refractivity (Wildman–Crippen MR) is 78.4 cm³/mol. The maximum Gasteiger partial charge on any atom is 0.130 e. The summed E-state index contributed by atoms with van der Waals surface area (Å²) in [7, 11) is 0. The largest absolute Gasteiger partial charge is 0.397 e. The van der Waals surface area contributed by atoms with E-state index in [9.17, 15) is 0 Å². The number of aromatic nitrogens is 2. The highest BCUT2D eigenvalue weighted by atomic mass is 15.0. The number of anilines is 3. The van der Waals surface area contributed by atoms with Gasteiger partial charge in [-0.15, -0.1) is 0 Å². The fourth-order valence-electron chi connectivity index (χ4n) is 1.94. The lowest BCUT2D eigenvalue weighted by molar-refractivity contribution is 1.28. The van der Waals surface area contributed by atoms with Crippen molar-refractivity contribution in [3.8, 4) is 0 Å². The number of nitrogens with one attached hydrogen (secondary N) is 1. The third-order valence-corrected chi connectivity index (χ3v) is 3.03. The molecule has 1 aromatic carbocycles. The van der Waals surface area contributed by atoms with Crippen LogP contribution in [0.15, 0.2) is 48.8 Å². The monoisotopic (exact) mass is 250 g/mol. The molecule has 4 nitrogen and oxygen atoms in total. The van der Waals surface area contributed by atoms with Gasteiger partial charge in [-0.1, -0.05) is 6.07 Å². The highest BCUT2D eigenvalue weighted by molar-refractivity contribution is 5.83. The van der Waals surface area contributed by atoms with Gasteiger partial charge in [-0.2, -0.15) is 0 Å². The van der Waals surface area contributed by atoms with Crippen LogP contribution in [0.4, 0.5) is 17.2 Å². The molecular weight excluding hydrogens is 236 g/mol. The smallest absolute Gasteiger partial charge is 0.130 e. The van der Waals surface area contributed by atoms with E-state index in [1.807, 2.05) is 37.3 Å². The molecule has 94 valence electrons. The Bertz CT molecular complexity index is 737. The number of nitrogen functional groups attached to an aromatic ring is 1. The quantitative estimate of drug-likeness (QED) is 0.732. The molecule has 0 amide bonds. The molecule has 0 radical (unpaired) electrons. The molecule has 19 heavy (non-hydrogen) atoms. The normalized spacial score (nSPS) is 10.6. The fourth-order valence-corrected chi connectivity index (χ4v) is 1.94. The van der Waals surface area contributed by atoms with Crippen LogP contribution in [0.5, 0.6) is 0 Å². The Morgan fingerprint density at radius 2 is 2.00 bits per heavy atom. The molecule has 0 unspecified atom stereocenters. The van der Waals surface area contributed by atoms with Gasteiger partial charge in [-0.3, -0.25) is 4.98 Å². The third-order valence-electron chi connectivity index (χ3n) is 3.03. The zero-order valence-electron chi connectivity index (χ0n) is 10.6. The van der Waals surface area contributed by atoms with Crippen molar-refractivity contribution in [2.45, 2.75) is 6.92 Å². The molecule has 0 bridgehead atoms. The van der Waals surface area contributed by atoms with Crippen LogP contribution >= 0.6 is 0 Å². The standard InChI is InChI=1S/C15H14N4/c1-10-7-15(18-9-13(10)16)19-12-4-5-14-11(8-12)3-2-6-17-14/h2-9H,16H2,1H3,(H,18,19). The summed E-state index contributed by atoms with van der Waals surface area (Å²) in [5, 5.41) is 4.37. The van der Waals surface area contributed by atoms with E-state index in [-0.39, 0.29) is 0 Å². The van der Waals surface area contributed by atoms with Crippen LogP contribution in [0.25, 0.3) is 10.9 Å². The van der Waals surface area contributed by atoms with Gasteiger partial charge in [0.05, 0.1) is 17.4 Å². The van der Waals surface area contributed by atoms with Crippen LogP contribution in [-0.4, -0.2) is 9.97 Å². The van der Waals surface area contributed by atoms with Crippen molar-refractivity contribution in [3.05, 3.63) is 54.4 Å². The molecule has 0 saturated heterocycles. The SMILES string of the molecule is Cc1cc(Nc2ccc3ncccc3c2)ncc1N. The van der Waals surface area contributed by atoms with E-state index in [1.54, 1.807) is 12.4 Å². The molecule has 2 heterocycles. The topological polar surface area (TPSA) is 63.8 Å². The van der Waals surface area contributed by atoms with Gasteiger partial charge in [0.2, 0.25) is 0 Å². The van der Waals surface area contributed by atoms with Gasteiger partial charge in [-0.25, -0.2) is 4.98 Å². The minimum Gasteiger partial charge on any atom is -0.397 e. The Morgan fingerprint density at radius 1 is 1.11 bits per heavy atom. The number of nitrogens with zero attached hydrogens (tertiary/aromatic N) is 2. The summed E-state index contributed by atoms with van der Waals surface area (Å²) in [6.45, 7) is 1.96. The second-order valence-electron chi connectivity index (χ2n) is 4.46. The number of benzene rings is 1. The zero-order valence-corrected chi connectivity index (χ0v) is 10.6. The van der Waals surface area contributed by atoms with E-state index in [2.05, 4.69) is 21.4 Å². The lowest BCUT2D eigenvalue weighted by atomic mass is 10.2. The molecule has 2 aromatic heterocycles. The molecule has 0 atom stereocenters. The van der Waals surface area contributed by atoms with E-state index in [0.717, 1.165) is 28.0 Å². The van der Waals surface area contributed by atoms with Crippen molar-refractivity contribution < 1.29 is 0 Å². The van der Waals surface area contributed by atoms with E-state index < -0.39 is 0 Å². The second kappa shape index (κ2) is 4.57. The molecule has 0 aliphatic rings. The molecule has 3 rings (SSSR count). The van der Waals surface area contributed by atoms with Crippen molar-refractivity contribution >= 4 is 28.1 Å². The summed E-state index contributed by atoms with van der Waals surface area (Å²) < 4.78 is 0. The van der Waals surface area contributed by atoms with Gasteiger partial charge < -0.3 is 11.1 Å². The Morgan fingerprint density at radius 3 is 2.84 bits per heavy atom. The van der Waals surface area contributed by atoms with Crippen molar-refractivity contribution in [3.63, 3.8) is 0 Å². The molecule has 4 heteroatoms. The third kappa shape index (κ3) is 2.33. The lowest BCUT2D eigenvalue weighted by Gasteiger charge is -2.08. The highest BCUT2D eigenvalue weighted by Crippen LogP contribution is 2.21. The molecule has 0 aliphatic heterocycles. The van der Waals surface area contributed by atoms with Crippen LogP contribution in [0, 0.1) is 6.92 Å². The fraction of sp³-hybridized carbons (Fsp3) is 0.0667. The van der Waals surface area contributed by atoms with Crippen LogP contribution < -0.4 is 11.1 Å². The first-order valence-corrected chi connectivity index (χ1v) is 6.06. The first kappa shape index (κ1) is 11.5. The second-order valence-corrected chi connectivity index (χ2v) is 4.46.